The summed E-state index contributed by atoms with van der Waals surface area (Å²) in [5.74, 6) is -0.278. The minimum atomic E-state index is -0.276. The summed E-state index contributed by atoms with van der Waals surface area (Å²) < 4.78 is 13.7. The van der Waals surface area contributed by atoms with Crippen molar-refractivity contribution in [3.8, 4) is 0 Å². The summed E-state index contributed by atoms with van der Waals surface area (Å²) in [6, 6.07) is 10.1. The van der Waals surface area contributed by atoms with Crippen LogP contribution >= 0.6 is 22.9 Å². The minimum absolute atomic E-state index is 0.00172. The first-order valence-corrected chi connectivity index (χ1v) is 8.99. The van der Waals surface area contributed by atoms with Crippen molar-refractivity contribution in [2.24, 2.45) is 0 Å². The van der Waals surface area contributed by atoms with Crippen LogP contribution in [0.2, 0.25) is 4.34 Å². The first kappa shape index (κ1) is 17.1. The molecule has 1 fully saturated rings. The molecule has 0 aliphatic carbocycles. The lowest BCUT2D eigenvalue weighted by molar-refractivity contribution is -0.127. The molecule has 3 nitrogen and oxygen atoms in total. The minimum Gasteiger partial charge on any atom is -0.337 e. The van der Waals surface area contributed by atoms with Crippen molar-refractivity contribution in [2.75, 3.05) is 26.2 Å². The normalized spacial score (nSPS) is 16.0. The molecule has 0 radical (unpaired) electrons. The Balaban J connectivity index is 1.48. The number of nitrogens with zero attached hydrogens (tertiary/aromatic N) is 2. The second kappa shape index (κ2) is 7.92. The Morgan fingerprint density at radius 1 is 1.12 bits per heavy atom. The van der Waals surface area contributed by atoms with Gasteiger partial charge < -0.3 is 4.90 Å². The maximum absolute atomic E-state index is 12.9. The Morgan fingerprint density at radius 3 is 2.46 bits per heavy atom. The molecule has 1 saturated heterocycles. The highest BCUT2D eigenvalue weighted by atomic mass is 35.5. The Labute approximate surface area is 150 Å². The van der Waals surface area contributed by atoms with Gasteiger partial charge in [-0.15, -0.1) is 11.3 Å². The largest absolute Gasteiger partial charge is 0.337 e. The van der Waals surface area contributed by atoms with E-state index in [1.165, 1.54) is 17.0 Å². The number of carbonyl (C=O) groups excluding carboxylic acids is 1. The maximum Gasteiger partial charge on any atom is 0.246 e. The number of benzene rings is 1. The second-order valence-corrected chi connectivity index (χ2v) is 7.49. The van der Waals surface area contributed by atoms with Crippen LogP contribution in [0.25, 0.3) is 6.08 Å². The van der Waals surface area contributed by atoms with E-state index >= 15 is 0 Å². The molecule has 0 bridgehead atoms. The number of thiophene rings is 1. The van der Waals surface area contributed by atoms with Crippen LogP contribution in [-0.4, -0.2) is 41.9 Å². The second-order valence-electron chi connectivity index (χ2n) is 5.69. The summed E-state index contributed by atoms with van der Waals surface area (Å²) in [7, 11) is 0. The highest BCUT2D eigenvalue weighted by molar-refractivity contribution is 7.16. The van der Waals surface area contributed by atoms with E-state index in [0.717, 1.165) is 29.5 Å². The van der Waals surface area contributed by atoms with Crippen molar-refractivity contribution >= 4 is 34.9 Å². The number of halogens is 2. The fraction of sp³-hybridized carbons (Fsp3) is 0.278. The molecule has 24 heavy (non-hydrogen) atoms. The SMILES string of the molecule is O=C(/C=C/c1ccc(F)cc1)N1CCN(Cc2ccc(Cl)s2)CC1. The standard InChI is InChI=1S/C18H18ClFN2OS/c19-17-7-6-16(24-17)13-21-9-11-22(12-10-21)18(23)8-3-14-1-4-15(20)5-2-14/h1-8H,9-13H2/b8-3+. The van der Waals surface area contributed by atoms with Crippen LogP contribution in [0, 0.1) is 5.82 Å². The van der Waals surface area contributed by atoms with Gasteiger partial charge in [0.05, 0.1) is 4.34 Å². The van der Waals surface area contributed by atoms with Crippen molar-refractivity contribution in [2.45, 2.75) is 6.54 Å². The molecule has 126 valence electrons. The molecule has 1 aromatic carbocycles. The Hall–Kier alpha value is -1.69. The third-order valence-corrected chi connectivity index (χ3v) is 5.20. The number of amides is 1. The zero-order valence-electron chi connectivity index (χ0n) is 13.1. The lowest BCUT2D eigenvalue weighted by Gasteiger charge is -2.33. The van der Waals surface area contributed by atoms with Gasteiger partial charge in [-0.25, -0.2) is 4.39 Å². The molecule has 1 aromatic heterocycles. The van der Waals surface area contributed by atoms with E-state index in [4.69, 9.17) is 11.6 Å². The number of piperazine rings is 1. The highest BCUT2D eigenvalue weighted by Gasteiger charge is 2.19. The first-order chi connectivity index (χ1) is 11.6. The van der Waals surface area contributed by atoms with Crippen molar-refractivity contribution in [3.63, 3.8) is 0 Å². The van der Waals surface area contributed by atoms with E-state index in [0.29, 0.717) is 13.1 Å². The predicted octanol–water partition coefficient (Wildman–Crippen LogP) is 3.90. The van der Waals surface area contributed by atoms with Gasteiger partial charge in [0, 0.05) is 43.7 Å². The lowest BCUT2D eigenvalue weighted by atomic mass is 10.2. The van der Waals surface area contributed by atoms with Gasteiger partial charge in [-0.2, -0.15) is 0 Å². The summed E-state index contributed by atoms with van der Waals surface area (Å²) in [6.45, 7) is 4.01. The van der Waals surface area contributed by atoms with E-state index in [2.05, 4.69) is 11.0 Å². The highest BCUT2D eigenvalue weighted by Crippen LogP contribution is 2.23. The van der Waals surface area contributed by atoms with Gasteiger partial charge in [0.2, 0.25) is 5.91 Å². The number of carbonyl (C=O) groups is 1. The number of hydrogen-bond donors (Lipinski definition) is 0. The number of rotatable bonds is 4. The van der Waals surface area contributed by atoms with E-state index in [-0.39, 0.29) is 11.7 Å². The third kappa shape index (κ3) is 4.66. The third-order valence-electron chi connectivity index (χ3n) is 3.98. The van der Waals surface area contributed by atoms with E-state index < -0.39 is 0 Å². The van der Waals surface area contributed by atoms with E-state index in [9.17, 15) is 9.18 Å². The number of hydrogen-bond acceptors (Lipinski definition) is 3. The molecular formula is C18H18ClFN2OS. The van der Waals surface area contributed by atoms with Crippen LogP contribution in [0.3, 0.4) is 0 Å². The fourth-order valence-electron chi connectivity index (χ4n) is 2.63. The van der Waals surface area contributed by atoms with Gasteiger partial charge in [0.15, 0.2) is 0 Å². The van der Waals surface area contributed by atoms with Crippen LogP contribution < -0.4 is 0 Å². The smallest absolute Gasteiger partial charge is 0.246 e. The van der Waals surface area contributed by atoms with Gasteiger partial charge in [-0.1, -0.05) is 23.7 Å². The summed E-state index contributed by atoms with van der Waals surface area (Å²) in [4.78, 5) is 17.7. The Kier molecular flexibility index (Phi) is 5.66. The van der Waals surface area contributed by atoms with Crippen LogP contribution in [0.5, 0.6) is 0 Å². The van der Waals surface area contributed by atoms with Gasteiger partial charge in [0.25, 0.3) is 0 Å². The molecule has 0 N–H and O–H groups in total. The maximum atomic E-state index is 12.9. The molecule has 2 aromatic rings. The van der Waals surface area contributed by atoms with Crippen molar-refractivity contribution < 1.29 is 9.18 Å². The molecule has 1 aliphatic heterocycles. The summed E-state index contributed by atoms with van der Waals surface area (Å²) in [5.41, 5.74) is 0.818. The molecule has 6 heteroatoms. The molecule has 0 saturated carbocycles. The van der Waals surface area contributed by atoms with Gasteiger partial charge >= 0.3 is 0 Å². The predicted molar refractivity (Wildman–Crippen MR) is 96.6 cm³/mol. The van der Waals surface area contributed by atoms with Crippen molar-refractivity contribution in [1.29, 1.82) is 0 Å². The molecule has 1 aliphatic rings. The molecule has 1 amide bonds. The van der Waals surface area contributed by atoms with E-state index in [1.54, 1.807) is 35.6 Å². The van der Waals surface area contributed by atoms with Crippen LogP contribution in [0.4, 0.5) is 4.39 Å². The van der Waals surface area contributed by atoms with Crippen LogP contribution in [0.1, 0.15) is 10.4 Å². The molecule has 0 unspecified atom stereocenters. The van der Waals surface area contributed by atoms with E-state index in [1.807, 2.05) is 11.0 Å². The molecule has 3 rings (SSSR count). The Bertz CT molecular complexity index is 721. The molecule has 0 spiro atoms. The summed E-state index contributed by atoms with van der Waals surface area (Å²) >= 11 is 7.56. The fourth-order valence-corrected chi connectivity index (χ4v) is 3.76. The van der Waals surface area contributed by atoms with Gasteiger partial charge in [0.1, 0.15) is 5.82 Å². The quantitative estimate of drug-likeness (QED) is 0.768. The Morgan fingerprint density at radius 2 is 1.83 bits per heavy atom. The van der Waals surface area contributed by atoms with Crippen LogP contribution in [-0.2, 0) is 11.3 Å². The topological polar surface area (TPSA) is 23.6 Å². The molecule has 0 atom stereocenters. The lowest BCUT2D eigenvalue weighted by Crippen LogP contribution is -2.47. The summed E-state index contributed by atoms with van der Waals surface area (Å²) in [5, 5.41) is 0. The average molecular weight is 365 g/mol. The van der Waals surface area contributed by atoms with Gasteiger partial charge in [-0.05, 0) is 35.9 Å². The summed E-state index contributed by atoms with van der Waals surface area (Å²) in [6.07, 6.45) is 3.28. The zero-order chi connectivity index (χ0) is 16.9. The van der Waals surface area contributed by atoms with Crippen molar-refractivity contribution in [3.05, 3.63) is 63.1 Å². The average Bonchev–Trinajstić information content (AvgIpc) is 2.99. The van der Waals surface area contributed by atoms with Crippen LogP contribution in [0.15, 0.2) is 42.5 Å². The molecule has 2 heterocycles. The first-order valence-electron chi connectivity index (χ1n) is 7.79. The van der Waals surface area contributed by atoms with Gasteiger partial charge in [-0.3, -0.25) is 9.69 Å². The van der Waals surface area contributed by atoms with Crippen molar-refractivity contribution in [1.82, 2.24) is 9.80 Å². The molecular weight excluding hydrogens is 347 g/mol. The zero-order valence-corrected chi connectivity index (χ0v) is 14.7. The monoisotopic (exact) mass is 364 g/mol.